The predicted molar refractivity (Wildman–Crippen MR) is 85.7 cm³/mol. The summed E-state index contributed by atoms with van der Waals surface area (Å²) in [4.78, 5) is 13.4. The number of nitrogens with one attached hydrogen (secondary N) is 2. The first-order valence-electron chi connectivity index (χ1n) is 7.52. The smallest absolute Gasteiger partial charge is 0.221 e. The monoisotopic (exact) mass is 291 g/mol. The minimum atomic E-state index is -0.0555. The average molecular weight is 291 g/mol. The van der Waals surface area contributed by atoms with Gasteiger partial charge in [0.15, 0.2) is 0 Å². The van der Waals surface area contributed by atoms with Crippen LogP contribution < -0.4 is 10.6 Å². The lowest BCUT2D eigenvalue weighted by Crippen LogP contribution is -2.48. The Morgan fingerprint density at radius 3 is 2.62 bits per heavy atom. The quantitative estimate of drug-likeness (QED) is 0.873. The third-order valence-corrected chi connectivity index (χ3v) is 3.64. The lowest BCUT2D eigenvalue weighted by molar-refractivity contribution is -0.114. The maximum atomic E-state index is 11.0. The van der Waals surface area contributed by atoms with Gasteiger partial charge in [-0.25, -0.2) is 0 Å². The fraction of sp³-hybridized carbons (Fsp3) is 0.562. The van der Waals surface area contributed by atoms with Crippen molar-refractivity contribution in [1.29, 1.82) is 0 Å². The largest absolute Gasteiger partial charge is 0.382 e. The van der Waals surface area contributed by atoms with E-state index < -0.39 is 0 Å². The highest BCUT2D eigenvalue weighted by Gasteiger charge is 2.21. The van der Waals surface area contributed by atoms with Crippen LogP contribution in [0.4, 0.5) is 11.4 Å². The van der Waals surface area contributed by atoms with Gasteiger partial charge in [0.1, 0.15) is 0 Å². The van der Waals surface area contributed by atoms with Crippen molar-refractivity contribution in [2.75, 3.05) is 36.9 Å². The second-order valence-corrected chi connectivity index (χ2v) is 5.72. The van der Waals surface area contributed by atoms with Gasteiger partial charge in [0.25, 0.3) is 0 Å². The molecule has 2 N–H and O–H groups in total. The Morgan fingerprint density at radius 1 is 1.33 bits per heavy atom. The second kappa shape index (κ2) is 7.43. The first kappa shape index (κ1) is 15.8. The standard InChI is InChI=1S/C16H25N3O2/c1-12(2)19-8-9-21-16(11-19)10-17-14-4-6-15(7-5-14)18-13(3)20/h4-7,12,16-17H,8-11H2,1-3H3,(H,18,20). The van der Waals surface area contributed by atoms with E-state index >= 15 is 0 Å². The number of morpholine rings is 1. The van der Waals surface area contributed by atoms with Gasteiger partial charge in [-0.15, -0.1) is 0 Å². The Morgan fingerprint density at radius 2 is 2.00 bits per heavy atom. The summed E-state index contributed by atoms with van der Waals surface area (Å²) >= 11 is 0. The summed E-state index contributed by atoms with van der Waals surface area (Å²) in [6.45, 7) is 9.52. The Balaban J connectivity index is 1.81. The van der Waals surface area contributed by atoms with Gasteiger partial charge in [0.2, 0.25) is 5.91 Å². The fourth-order valence-electron chi connectivity index (χ4n) is 2.44. The number of amides is 1. The Hall–Kier alpha value is -1.59. The molecule has 1 unspecified atom stereocenters. The number of carbonyl (C=O) groups excluding carboxylic acids is 1. The zero-order chi connectivity index (χ0) is 15.2. The summed E-state index contributed by atoms with van der Waals surface area (Å²) in [5, 5.41) is 6.15. The third-order valence-electron chi connectivity index (χ3n) is 3.64. The lowest BCUT2D eigenvalue weighted by Gasteiger charge is -2.35. The van der Waals surface area contributed by atoms with Gasteiger partial charge in [-0.05, 0) is 38.1 Å². The van der Waals surface area contributed by atoms with Crippen LogP contribution in [-0.4, -0.2) is 49.2 Å². The molecule has 1 aliphatic heterocycles. The van der Waals surface area contributed by atoms with Crippen LogP contribution in [0.1, 0.15) is 20.8 Å². The Bertz CT molecular complexity index is 459. The van der Waals surface area contributed by atoms with E-state index in [-0.39, 0.29) is 12.0 Å². The zero-order valence-corrected chi connectivity index (χ0v) is 13.1. The molecule has 1 atom stereocenters. The van der Waals surface area contributed by atoms with Crippen LogP contribution in [0, 0.1) is 0 Å². The Kier molecular flexibility index (Phi) is 5.59. The maximum absolute atomic E-state index is 11.0. The van der Waals surface area contributed by atoms with Gasteiger partial charge >= 0.3 is 0 Å². The average Bonchev–Trinajstić information content (AvgIpc) is 2.46. The summed E-state index contributed by atoms with van der Waals surface area (Å²) in [6.07, 6.45) is 0.219. The van der Waals surface area contributed by atoms with E-state index in [0.29, 0.717) is 6.04 Å². The van der Waals surface area contributed by atoms with E-state index in [1.54, 1.807) is 0 Å². The van der Waals surface area contributed by atoms with E-state index in [2.05, 4.69) is 29.4 Å². The van der Waals surface area contributed by atoms with E-state index in [9.17, 15) is 4.79 Å². The van der Waals surface area contributed by atoms with Crippen molar-refractivity contribution in [3.8, 4) is 0 Å². The number of rotatable bonds is 5. The van der Waals surface area contributed by atoms with Crippen LogP contribution in [0.3, 0.4) is 0 Å². The van der Waals surface area contributed by atoms with Crippen molar-refractivity contribution < 1.29 is 9.53 Å². The van der Waals surface area contributed by atoms with Crippen LogP contribution in [0.25, 0.3) is 0 Å². The van der Waals surface area contributed by atoms with Crippen LogP contribution in [0.5, 0.6) is 0 Å². The molecule has 2 rings (SSSR count). The number of nitrogens with zero attached hydrogens (tertiary/aromatic N) is 1. The molecule has 1 aromatic carbocycles. The van der Waals surface area contributed by atoms with E-state index in [1.165, 1.54) is 6.92 Å². The highest BCUT2D eigenvalue weighted by atomic mass is 16.5. The first-order chi connectivity index (χ1) is 10.0. The lowest BCUT2D eigenvalue weighted by atomic mass is 10.2. The molecule has 0 aromatic heterocycles. The van der Waals surface area contributed by atoms with E-state index in [4.69, 9.17) is 4.74 Å². The van der Waals surface area contributed by atoms with Gasteiger partial charge in [-0.1, -0.05) is 0 Å². The van der Waals surface area contributed by atoms with Crippen LogP contribution in [-0.2, 0) is 9.53 Å². The van der Waals surface area contributed by atoms with E-state index in [0.717, 1.165) is 37.6 Å². The van der Waals surface area contributed by atoms with Crippen LogP contribution in [0.15, 0.2) is 24.3 Å². The summed E-state index contributed by atoms with van der Waals surface area (Å²) in [5.41, 5.74) is 1.85. The van der Waals surface area contributed by atoms with Gasteiger partial charge < -0.3 is 15.4 Å². The van der Waals surface area contributed by atoms with Crippen molar-refractivity contribution in [3.05, 3.63) is 24.3 Å². The molecule has 1 saturated heterocycles. The number of hydrogen-bond donors (Lipinski definition) is 2. The third kappa shape index (κ3) is 5.02. The van der Waals surface area contributed by atoms with Crippen molar-refractivity contribution >= 4 is 17.3 Å². The molecule has 21 heavy (non-hydrogen) atoms. The van der Waals surface area contributed by atoms with Crippen molar-refractivity contribution in [2.24, 2.45) is 0 Å². The molecule has 0 bridgehead atoms. The van der Waals surface area contributed by atoms with Crippen molar-refractivity contribution in [1.82, 2.24) is 4.90 Å². The highest BCUT2D eigenvalue weighted by molar-refractivity contribution is 5.88. The number of carbonyl (C=O) groups is 1. The molecule has 1 amide bonds. The SMILES string of the molecule is CC(=O)Nc1ccc(NCC2CN(C(C)C)CCO2)cc1. The molecule has 1 aliphatic rings. The molecule has 1 aromatic rings. The maximum Gasteiger partial charge on any atom is 0.221 e. The van der Waals surface area contributed by atoms with Gasteiger partial charge in [0.05, 0.1) is 12.7 Å². The molecule has 116 valence electrons. The van der Waals surface area contributed by atoms with Crippen molar-refractivity contribution in [3.63, 3.8) is 0 Å². The van der Waals surface area contributed by atoms with E-state index in [1.807, 2.05) is 24.3 Å². The molecule has 0 spiro atoms. The normalized spacial score (nSPS) is 19.5. The molecule has 5 nitrogen and oxygen atoms in total. The molecular weight excluding hydrogens is 266 g/mol. The second-order valence-electron chi connectivity index (χ2n) is 5.72. The van der Waals surface area contributed by atoms with Gasteiger partial charge in [0, 0.05) is 44.0 Å². The minimum Gasteiger partial charge on any atom is -0.382 e. The zero-order valence-electron chi connectivity index (χ0n) is 13.1. The topological polar surface area (TPSA) is 53.6 Å². The molecule has 0 aliphatic carbocycles. The van der Waals surface area contributed by atoms with Crippen LogP contribution >= 0.6 is 0 Å². The molecule has 0 radical (unpaired) electrons. The molecule has 0 saturated carbocycles. The number of hydrogen-bond acceptors (Lipinski definition) is 4. The predicted octanol–water partition coefficient (Wildman–Crippen LogP) is 2.17. The summed E-state index contributed by atoms with van der Waals surface area (Å²) in [7, 11) is 0. The minimum absolute atomic E-state index is 0.0555. The summed E-state index contributed by atoms with van der Waals surface area (Å²) in [6, 6.07) is 8.29. The molecule has 5 heteroatoms. The highest BCUT2D eigenvalue weighted by Crippen LogP contribution is 2.15. The Labute approximate surface area is 126 Å². The summed E-state index contributed by atoms with van der Waals surface area (Å²) < 4.78 is 5.80. The van der Waals surface area contributed by atoms with Gasteiger partial charge in [-0.3, -0.25) is 9.69 Å². The first-order valence-corrected chi connectivity index (χ1v) is 7.52. The number of anilines is 2. The number of benzene rings is 1. The van der Waals surface area contributed by atoms with Crippen LogP contribution in [0.2, 0.25) is 0 Å². The molecular formula is C16H25N3O2. The number of ether oxygens (including phenoxy) is 1. The van der Waals surface area contributed by atoms with Crippen molar-refractivity contribution in [2.45, 2.75) is 32.9 Å². The molecule has 1 fully saturated rings. The molecule has 1 heterocycles. The van der Waals surface area contributed by atoms with Gasteiger partial charge in [-0.2, -0.15) is 0 Å². The summed E-state index contributed by atoms with van der Waals surface area (Å²) in [5.74, 6) is -0.0555. The fourth-order valence-corrected chi connectivity index (χ4v) is 2.44.